The van der Waals surface area contributed by atoms with Gasteiger partial charge in [-0.2, -0.15) is 13.2 Å². The number of hydrogen-bond donors (Lipinski definition) is 1. The number of ether oxygens (including phenoxy) is 1. The molecule has 19 heavy (non-hydrogen) atoms. The molecule has 1 N–H and O–H groups in total. The molecule has 4 nitrogen and oxygen atoms in total. The Kier molecular flexibility index (Phi) is 6.14. The van der Waals surface area contributed by atoms with E-state index in [1.165, 1.54) is 0 Å². The molecule has 0 saturated heterocycles. The number of imidazole rings is 1. The molecular formula is C12H20F3N3O. The first kappa shape index (κ1) is 15.8. The van der Waals surface area contributed by atoms with E-state index >= 15 is 0 Å². The molecule has 0 aromatic carbocycles. The lowest BCUT2D eigenvalue weighted by atomic mass is 10.3. The molecule has 0 bridgehead atoms. The van der Waals surface area contributed by atoms with Gasteiger partial charge in [-0.3, -0.25) is 0 Å². The highest BCUT2D eigenvalue weighted by Gasteiger charge is 2.25. The van der Waals surface area contributed by atoms with Gasteiger partial charge in [-0.25, -0.2) is 4.98 Å². The van der Waals surface area contributed by atoms with Gasteiger partial charge in [0.25, 0.3) is 0 Å². The highest BCUT2D eigenvalue weighted by molar-refractivity contribution is 5.28. The van der Waals surface area contributed by atoms with Crippen molar-refractivity contribution in [3.05, 3.63) is 11.9 Å². The van der Waals surface area contributed by atoms with Crippen molar-refractivity contribution in [3.63, 3.8) is 0 Å². The van der Waals surface area contributed by atoms with Crippen LogP contribution in [0.15, 0.2) is 6.20 Å². The molecule has 0 amide bonds. The number of alkyl halides is 3. The van der Waals surface area contributed by atoms with Gasteiger partial charge in [0.1, 0.15) is 0 Å². The van der Waals surface area contributed by atoms with Gasteiger partial charge in [0.2, 0.25) is 5.95 Å². The fraction of sp³-hybridized carbons (Fsp3) is 0.750. The number of halogens is 3. The number of rotatable bonds is 8. The predicted octanol–water partition coefficient (Wildman–Crippen LogP) is 2.98. The minimum Gasteiger partial charge on any atom is -0.385 e. The van der Waals surface area contributed by atoms with Crippen molar-refractivity contribution in [3.8, 4) is 0 Å². The molecule has 0 aliphatic carbocycles. The maximum absolute atomic E-state index is 12.0. The van der Waals surface area contributed by atoms with E-state index in [-0.39, 0.29) is 13.0 Å². The summed E-state index contributed by atoms with van der Waals surface area (Å²) in [5, 5.41) is 2.94. The maximum Gasteiger partial charge on any atom is 0.389 e. The minimum absolute atomic E-state index is 0.0491. The number of hydrogen-bond acceptors (Lipinski definition) is 3. The SMILES string of the molecule is COCCCn1cc(C)nc1NCCCC(F)(F)F. The fourth-order valence-corrected chi connectivity index (χ4v) is 1.73. The zero-order chi connectivity index (χ0) is 14.3. The Labute approximate surface area is 111 Å². The smallest absolute Gasteiger partial charge is 0.385 e. The monoisotopic (exact) mass is 279 g/mol. The molecule has 0 atom stereocenters. The van der Waals surface area contributed by atoms with Crippen LogP contribution >= 0.6 is 0 Å². The van der Waals surface area contributed by atoms with Crippen molar-refractivity contribution >= 4 is 5.95 Å². The van der Waals surface area contributed by atoms with E-state index in [1.807, 2.05) is 17.7 Å². The molecule has 0 aliphatic heterocycles. The maximum atomic E-state index is 12.0. The van der Waals surface area contributed by atoms with E-state index < -0.39 is 12.6 Å². The van der Waals surface area contributed by atoms with Gasteiger partial charge in [0, 0.05) is 39.4 Å². The zero-order valence-corrected chi connectivity index (χ0v) is 11.3. The molecule has 110 valence electrons. The summed E-state index contributed by atoms with van der Waals surface area (Å²) in [7, 11) is 1.63. The van der Waals surface area contributed by atoms with Crippen molar-refractivity contribution < 1.29 is 17.9 Å². The number of nitrogens with one attached hydrogen (secondary N) is 1. The van der Waals surface area contributed by atoms with E-state index in [4.69, 9.17) is 4.74 Å². The van der Waals surface area contributed by atoms with Crippen LogP contribution in [0, 0.1) is 6.92 Å². The van der Waals surface area contributed by atoms with E-state index in [1.54, 1.807) is 7.11 Å². The first-order chi connectivity index (χ1) is 8.92. The van der Waals surface area contributed by atoms with E-state index in [0.717, 1.165) is 18.7 Å². The van der Waals surface area contributed by atoms with Crippen LogP contribution in [0.4, 0.5) is 19.1 Å². The van der Waals surface area contributed by atoms with Gasteiger partial charge < -0.3 is 14.6 Å². The third-order valence-electron chi connectivity index (χ3n) is 2.56. The van der Waals surface area contributed by atoms with Crippen LogP contribution in [0.5, 0.6) is 0 Å². The summed E-state index contributed by atoms with van der Waals surface area (Å²) < 4.78 is 42.9. The summed E-state index contributed by atoms with van der Waals surface area (Å²) >= 11 is 0. The first-order valence-corrected chi connectivity index (χ1v) is 6.25. The van der Waals surface area contributed by atoms with Crippen LogP contribution in [-0.4, -0.2) is 36.0 Å². The third-order valence-corrected chi connectivity index (χ3v) is 2.56. The second kappa shape index (κ2) is 7.37. The van der Waals surface area contributed by atoms with E-state index in [0.29, 0.717) is 12.6 Å². The molecule has 7 heteroatoms. The molecule has 1 aromatic rings. The molecular weight excluding hydrogens is 259 g/mol. The Bertz CT molecular complexity index is 377. The second-order valence-corrected chi connectivity index (χ2v) is 4.39. The van der Waals surface area contributed by atoms with Gasteiger partial charge in [0.15, 0.2) is 0 Å². The van der Waals surface area contributed by atoms with Crippen LogP contribution in [0.3, 0.4) is 0 Å². The van der Waals surface area contributed by atoms with Crippen molar-refractivity contribution in [2.75, 3.05) is 25.6 Å². The summed E-state index contributed by atoms with van der Waals surface area (Å²) in [6, 6.07) is 0. The summed E-state index contributed by atoms with van der Waals surface area (Å²) in [5.41, 5.74) is 0.843. The van der Waals surface area contributed by atoms with Crippen LogP contribution in [0.2, 0.25) is 0 Å². The number of aromatic nitrogens is 2. The molecule has 0 saturated carbocycles. The molecule has 0 aliphatic rings. The van der Waals surface area contributed by atoms with Crippen molar-refractivity contribution in [1.29, 1.82) is 0 Å². The van der Waals surface area contributed by atoms with Gasteiger partial charge in [-0.15, -0.1) is 0 Å². The van der Waals surface area contributed by atoms with Crippen LogP contribution in [0.25, 0.3) is 0 Å². The average Bonchev–Trinajstić information content (AvgIpc) is 2.65. The number of anilines is 1. The van der Waals surface area contributed by atoms with Crippen molar-refractivity contribution in [1.82, 2.24) is 9.55 Å². The minimum atomic E-state index is -4.09. The fourth-order valence-electron chi connectivity index (χ4n) is 1.73. The Morgan fingerprint density at radius 1 is 1.37 bits per heavy atom. The second-order valence-electron chi connectivity index (χ2n) is 4.39. The average molecular weight is 279 g/mol. The quantitative estimate of drug-likeness (QED) is 0.744. The van der Waals surface area contributed by atoms with Gasteiger partial charge in [0.05, 0.1) is 5.69 Å². The van der Waals surface area contributed by atoms with E-state index in [2.05, 4.69) is 10.3 Å². The zero-order valence-electron chi connectivity index (χ0n) is 11.3. The highest BCUT2D eigenvalue weighted by atomic mass is 19.4. The largest absolute Gasteiger partial charge is 0.389 e. The van der Waals surface area contributed by atoms with Crippen LogP contribution in [0.1, 0.15) is 25.0 Å². The van der Waals surface area contributed by atoms with E-state index in [9.17, 15) is 13.2 Å². The molecule has 1 aromatic heterocycles. The number of aryl methyl sites for hydroxylation is 2. The Morgan fingerprint density at radius 2 is 2.11 bits per heavy atom. The van der Waals surface area contributed by atoms with Gasteiger partial charge in [-0.05, 0) is 19.8 Å². The lowest BCUT2D eigenvalue weighted by molar-refractivity contribution is -0.134. The third kappa shape index (κ3) is 6.47. The summed E-state index contributed by atoms with van der Waals surface area (Å²) in [6.07, 6.45) is -2.10. The summed E-state index contributed by atoms with van der Waals surface area (Å²) in [6.45, 7) is 3.50. The molecule has 0 spiro atoms. The lowest BCUT2D eigenvalue weighted by Gasteiger charge is -2.10. The van der Waals surface area contributed by atoms with Crippen molar-refractivity contribution in [2.45, 2.75) is 38.9 Å². The molecule has 1 rings (SSSR count). The number of methoxy groups -OCH3 is 1. The summed E-state index contributed by atoms with van der Waals surface area (Å²) in [4.78, 5) is 4.25. The normalized spacial score (nSPS) is 11.8. The van der Waals surface area contributed by atoms with Gasteiger partial charge >= 0.3 is 6.18 Å². The Morgan fingerprint density at radius 3 is 2.74 bits per heavy atom. The van der Waals surface area contributed by atoms with Gasteiger partial charge in [-0.1, -0.05) is 0 Å². The van der Waals surface area contributed by atoms with Crippen LogP contribution < -0.4 is 5.32 Å². The topological polar surface area (TPSA) is 39.1 Å². The summed E-state index contributed by atoms with van der Waals surface area (Å²) in [5.74, 6) is 0.621. The first-order valence-electron chi connectivity index (χ1n) is 6.25. The highest BCUT2D eigenvalue weighted by Crippen LogP contribution is 2.21. The standard InChI is InChI=1S/C12H20F3N3O/c1-10-9-18(7-4-8-19-2)11(17-10)16-6-3-5-12(13,14)15/h9H,3-8H2,1-2H3,(H,16,17). The Hall–Kier alpha value is -1.24. The Balaban J connectivity index is 2.39. The predicted molar refractivity (Wildman–Crippen MR) is 67.2 cm³/mol. The molecule has 1 heterocycles. The molecule has 0 unspecified atom stereocenters. The molecule has 0 fully saturated rings. The lowest BCUT2D eigenvalue weighted by Crippen LogP contribution is -2.13. The van der Waals surface area contributed by atoms with Crippen molar-refractivity contribution in [2.24, 2.45) is 0 Å². The molecule has 0 radical (unpaired) electrons. The number of nitrogens with zero attached hydrogens (tertiary/aromatic N) is 2. The van der Waals surface area contributed by atoms with Crippen LogP contribution in [-0.2, 0) is 11.3 Å².